The molecule has 2 aromatic rings. The lowest BCUT2D eigenvalue weighted by Gasteiger charge is -2.21. The van der Waals surface area contributed by atoms with Gasteiger partial charge >= 0.3 is 0 Å². The summed E-state index contributed by atoms with van der Waals surface area (Å²) in [4.78, 5) is 0. The van der Waals surface area contributed by atoms with E-state index in [1.165, 1.54) is 45.0 Å². The van der Waals surface area contributed by atoms with Crippen molar-refractivity contribution in [2.75, 3.05) is 0 Å². The van der Waals surface area contributed by atoms with Gasteiger partial charge in [-0.1, -0.05) is 6.07 Å². The summed E-state index contributed by atoms with van der Waals surface area (Å²) in [6.07, 6.45) is 3.34. The van der Waals surface area contributed by atoms with Crippen LogP contribution in [0.4, 0.5) is 0 Å². The van der Waals surface area contributed by atoms with Crippen molar-refractivity contribution in [2.24, 2.45) is 5.73 Å². The molecule has 3 rings (SSSR count). The Bertz CT molecular complexity index is 647. The fraction of sp³-hybridized carbons (Fsp3) is 0.500. The highest BCUT2D eigenvalue weighted by atomic mass is 79.9. The molecule has 3 heteroatoms. The van der Waals surface area contributed by atoms with Crippen LogP contribution >= 0.6 is 15.9 Å². The van der Waals surface area contributed by atoms with Crippen molar-refractivity contribution in [3.8, 4) is 0 Å². The van der Waals surface area contributed by atoms with Crippen LogP contribution in [0.1, 0.15) is 37.1 Å². The van der Waals surface area contributed by atoms with E-state index in [-0.39, 0.29) is 5.54 Å². The van der Waals surface area contributed by atoms with Crippen molar-refractivity contribution in [1.29, 1.82) is 0 Å². The van der Waals surface area contributed by atoms with Crippen LogP contribution in [-0.4, -0.2) is 10.1 Å². The van der Waals surface area contributed by atoms with Gasteiger partial charge in [-0.15, -0.1) is 0 Å². The van der Waals surface area contributed by atoms with Crippen LogP contribution in [0.25, 0.3) is 10.9 Å². The van der Waals surface area contributed by atoms with E-state index in [1.807, 2.05) is 0 Å². The molecule has 2 heterocycles. The molecule has 0 fully saturated rings. The van der Waals surface area contributed by atoms with Crippen molar-refractivity contribution in [3.05, 3.63) is 33.4 Å². The van der Waals surface area contributed by atoms with Gasteiger partial charge in [0.1, 0.15) is 0 Å². The van der Waals surface area contributed by atoms with Gasteiger partial charge in [0.05, 0.1) is 5.52 Å². The smallest absolute Gasteiger partial charge is 0.0526 e. The Morgan fingerprint density at radius 2 is 2.11 bits per heavy atom. The molecule has 102 valence electrons. The Morgan fingerprint density at radius 3 is 2.79 bits per heavy atom. The van der Waals surface area contributed by atoms with E-state index in [4.69, 9.17) is 5.73 Å². The number of nitrogens with zero attached hydrogens (tertiary/aromatic N) is 1. The van der Waals surface area contributed by atoms with Gasteiger partial charge in [-0.05, 0) is 73.2 Å². The normalized spacial score (nSPS) is 15.2. The van der Waals surface area contributed by atoms with Gasteiger partial charge in [0.15, 0.2) is 0 Å². The third-order valence-corrected chi connectivity index (χ3v) is 4.97. The number of aromatic nitrogens is 1. The molecule has 0 bridgehead atoms. The van der Waals surface area contributed by atoms with E-state index in [2.05, 4.69) is 53.4 Å². The maximum absolute atomic E-state index is 6.17. The molecule has 1 aromatic heterocycles. The van der Waals surface area contributed by atoms with E-state index in [0.29, 0.717) is 0 Å². The van der Waals surface area contributed by atoms with E-state index >= 15 is 0 Å². The molecule has 2 nitrogen and oxygen atoms in total. The second-order valence-corrected chi connectivity index (χ2v) is 7.26. The van der Waals surface area contributed by atoms with Gasteiger partial charge in [0, 0.05) is 27.6 Å². The Kier molecular flexibility index (Phi) is 3.02. The van der Waals surface area contributed by atoms with E-state index in [1.54, 1.807) is 0 Å². The first-order valence-electron chi connectivity index (χ1n) is 6.96. The van der Waals surface area contributed by atoms with Crippen LogP contribution in [-0.2, 0) is 19.4 Å². The molecule has 1 aliphatic heterocycles. The molecular weight excluding hydrogens is 300 g/mol. The average molecular weight is 321 g/mol. The number of hydrogen-bond acceptors (Lipinski definition) is 1. The number of halogens is 1. The summed E-state index contributed by atoms with van der Waals surface area (Å²) < 4.78 is 3.71. The second kappa shape index (κ2) is 4.35. The lowest BCUT2D eigenvalue weighted by molar-refractivity contribution is 0.516. The summed E-state index contributed by atoms with van der Waals surface area (Å²) in [5, 5.41) is 1.36. The van der Waals surface area contributed by atoms with E-state index in [0.717, 1.165) is 13.0 Å². The van der Waals surface area contributed by atoms with Crippen LogP contribution in [0.5, 0.6) is 0 Å². The lowest BCUT2D eigenvalue weighted by Crippen LogP contribution is -2.34. The molecule has 0 spiro atoms. The third kappa shape index (κ3) is 2.23. The SMILES string of the molecule is Cc1c(Br)c2cc(CC(C)(C)N)cc3c2n1CCC3. The molecule has 0 aliphatic carbocycles. The first-order valence-corrected chi connectivity index (χ1v) is 7.75. The first-order chi connectivity index (χ1) is 8.87. The van der Waals surface area contributed by atoms with Crippen LogP contribution in [0.2, 0.25) is 0 Å². The highest BCUT2D eigenvalue weighted by Gasteiger charge is 2.21. The summed E-state index contributed by atoms with van der Waals surface area (Å²) in [5.74, 6) is 0. The zero-order valence-electron chi connectivity index (χ0n) is 11.9. The molecule has 0 atom stereocenters. The Morgan fingerprint density at radius 1 is 1.37 bits per heavy atom. The van der Waals surface area contributed by atoms with Gasteiger partial charge in [0.25, 0.3) is 0 Å². The molecule has 0 saturated carbocycles. The Labute approximate surface area is 123 Å². The molecule has 19 heavy (non-hydrogen) atoms. The number of benzene rings is 1. The predicted octanol–water partition coefficient (Wildman–Crippen LogP) is 3.94. The van der Waals surface area contributed by atoms with Gasteiger partial charge in [-0.2, -0.15) is 0 Å². The van der Waals surface area contributed by atoms with Crippen molar-refractivity contribution in [2.45, 2.75) is 52.1 Å². The van der Waals surface area contributed by atoms with Gasteiger partial charge < -0.3 is 10.3 Å². The number of hydrogen-bond donors (Lipinski definition) is 1. The van der Waals surface area contributed by atoms with Crippen molar-refractivity contribution < 1.29 is 0 Å². The Balaban J connectivity index is 2.23. The van der Waals surface area contributed by atoms with Crippen molar-refractivity contribution >= 4 is 26.8 Å². The van der Waals surface area contributed by atoms with Gasteiger partial charge in [-0.25, -0.2) is 0 Å². The van der Waals surface area contributed by atoms with Gasteiger partial charge in [0.2, 0.25) is 0 Å². The van der Waals surface area contributed by atoms with Crippen molar-refractivity contribution in [1.82, 2.24) is 4.57 Å². The summed E-state index contributed by atoms with van der Waals surface area (Å²) in [5.41, 5.74) is 11.6. The summed E-state index contributed by atoms with van der Waals surface area (Å²) >= 11 is 3.77. The molecule has 2 N–H and O–H groups in total. The number of rotatable bonds is 2. The maximum atomic E-state index is 6.17. The monoisotopic (exact) mass is 320 g/mol. The zero-order valence-corrected chi connectivity index (χ0v) is 13.5. The standard InChI is InChI=1S/C16H21BrN2/c1-10-14(17)13-8-11(9-16(2,3)18)7-12-5-4-6-19(10)15(12)13/h7-8H,4-6,9,18H2,1-3H3. The zero-order chi connectivity index (χ0) is 13.8. The van der Waals surface area contributed by atoms with Gasteiger partial charge in [-0.3, -0.25) is 0 Å². The van der Waals surface area contributed by atoms with E-state index in [9.17, 15) is 0 Å². The minimum Gasteiger partial charge on any atom is -0.343 e. The lowest BCUT2D eigenvalue weighted by atomic mass is 9.92. The topological polar surface area (TPSA) is 30.9 Å². The molecule has 0 amide bonds. The molecule has 1 aliphatic rings. The maximum Gasteiger partial charge on any atom is 0.0526 e. The molecule has 0 radical (unpaired) electrons. The summed E-state index contributed by atoms with van der Waals surface area (Å²) in [7, 11) is 0. The molecule has 1 aromatic carbocycles. The largest absolute Gasteiger partial charge is 0.343 e. The van der Waals surface area contributed by atoms with Crippen LogP contribution in [0, 0.1) is 6.92 Å². The van der Waals surface area contributed by atoms with Crippen molar-refractivity contribution in [3.63, 3.8) is 0 Å². The summed E-state index contributed by atoms with van der Waals surface area (Å²) in [6, 6.07) is 4.67. The summed E-state index contributed by atoms with van der Waals surface area (Å²) in [6.45, 7) is 7.52. The highest BCUT2D eigenvalue weighted by molar-refractivity contribution is 9.10. The number of aryl methyl sites for hydroxylation is 2. The second-order valence-electron chi connectivity index (χ2n) is 6.47. The first kappa shape index (κ1) is 13.2. The fourth-order valence-electron chi connectivity index (χ4n) is 3.25. The number of nitrogens with two attached hydrogens (primary N) is 1. The molecule has 0 saturated heterocycles. The van der Waals surface area contributed by atoms with Crippen LogP contribution < -0.4 is 5.73 Å². The highest BCUT2D eigenvalue weighted by Crippen LogP contribution is 2.37. The Hall–Kier alpha value is -0.800. The van der Waals surface area contributed by atoms with E-state index < -0.39 is 0 Å². The quantitative estimate of drug-likeness (QED) is 0.892. The average Bonchev–Trinajstić information content (AvgIpc) is 2.55. The third-order valence-electron chi connectivity index (χ3n) is 3.97. The minimum absolute atomic E-state index is 0.154. The fourth-order valence-corrected chi connectivity index (χ4v) is 3.77. The predicted molar refractivity (Wildman–Crippen MR) is 84.7 cm³/mol. The minimum atomic E-state index is -0.154. The van der Waals surface area contributed by atoms with Crippen LogP contribution in [0.15, 0.2) is 16.6 Å². The molecular formula is C16H21BrN2. The molecule has 0 unspecified atom stereocenters. The van der Waals surface area contributed by atoms with Crippen LogP contribution in [0.3, 0.4) is 0 Å².